The molecule has 0 aromatic carbocycles. The molecule has 84 valence electrons. The molecule has 2 heteroatoms. The van der Waals surface area contributed by atoms with Crippen LogP contribution >= 0.6 is 0 Å². The van der Waals surface area contributed by atoms with Crippen LogP contribution in [0.15, 0.2) is 0 Å². The molecule has 0 amide bonds. The molecule has 1 heterocycles. The molecule has 1 N–H and O–H groups in total. The second-order valence-electron chi connectivity index (χ2n) is 4.52. The average molecular weight is 199 g/mol. The summed E-state index contributed by atoms with van der Waals surface area (Å²) in [6.07, 6.45) is 8.99. The third-order valence-corrected chi connectivity index (χ3v) is 3.29. The third kappa shape index (κ3) is 4.43. The van der Waals surface area contributed by atoms with E-state index >= 15 is 0 Å². The van der Waals surface area contributed by atoms with E-state index in [1.807, 2.05) is 0 Å². The van der Waals surface area contributed by atoms with Gasteiger partial charge in [-0.2, -0.15) is 0 Å². The van der Waals surface area contributed by atoms with Crippen LogP contribution in [-0.4, -0.2) is 35.7 Å². The van der Waals surface area contributed by atoms with Crippen LogP contribution in [0, 0.1) is 0 Å². The van der Waals surface area contributed by atoms with Crippen LogP contribution in [0.3, 0.4) is 0 Å². The van der Waals surface area contributed by atoms with E-state index in [-0.39, 0.29) is 0 Å². The van der Waals surface area contributed by atoms with E-state index in [1.165, 1.54) is 51.6 Å². The van der Waals surface area contributed by atoms with Gasteiger partial charge in [0.05, 0.1) is 0 Å². The molecule has 14 heavy (non-hydrogen) atoms. The Balaban J connectivity index is 2.13. The average Bonchev–Trinajstić information content (AvgIpc) is 2.39. The minimum Gasteiger partial charge on any atom is -0.396 e. The van der Waals surface area contributed by atoms with Gasteiger partial charge >= 0.3 is 0 Å². The minimum atomic E-state index is 0.357. The first-order chi connectivity index (χ1) is 6.84. The fourth-order valence-electron chi connectivity index (χ4n) is 2.27. The number of aliphatic hydroxyl groups is 1. The lowest BCUT2D eigenvalue weighted by Crippen LogP contribution is -2.33. The van der Waals surface area contributed by atoms with Gasteiger partial charge in [0, 0.05) is 12.6 Å². The van der Waals surface area contributed by atoms with Gasteiger partial charge in [0.2, 0.25) is 0 Å². The summed E-state index contributed by atoms with van der Waals surface area (Å²) < 4.78 is 0. The van der Waals surface area contributed by atoms with Crippen molar-refractivity contribution < 1.29 is 5.11 Å². The molecule has 1 saturated heterocycles. The predicted molar refractivity (Wildman–Crippen MR) is 60.4 cm³/mol. The van der Waals surface area contributed by atoms with Crippen molar-refractivity contribution in [3.63, 3.8) is 0 Å². The Morgan fingerprint density at radius 1 is 1.14 bits per heavy atom. The maximum Gasteiger partial charge on any atom is 0.0431 e. The molecule has 0 aromatic rings. The van der Waals surface area contributed by atoms with Gasteiger partial charge in [-0.3, -0.25) is 0 Å². The summed E-state index contributed by atoms with van der Waals surface area (Å²) in [6.45, 7) is 5.24. The molecule has 1 fully saturated rings. The molecule has 1 rings (SSSR count). The number of unbranched alkanes of at least 4 members (excludes halogenated alkanes) is 2. The molecule has 1 atom stereocenters. The fraction of sp³-hybridized carbons (Fsp3) is 1.00. The van der Waals surface area contributed by atoms with Crippen molar-refractivity contribution in [1.29, 1.82) is 0 Å². The third-order valence-electron chi connectivity index (χ3n) is 3.29. The highest BCUT2D eigenvalue weighted by molar-refractivity contribution is 4.71. The zero-order valence-electron chi connectivity index (χ0n) is 9.54. The van der Waals surface area contributed by atoms with Gasteiger partial charge in [0.15, 0.2) is 0 Å². The summed E-state index contributed by atoms with van der Waals surface area (Å²) in [5.74, 6) is 0. The molecule has 0 spiro atoms. The van der Waals surface area contributed by atoms with Gasteiger partial charge < -0.3 is 10.0 Å². The first kappa shape index (κ1) is 12.0. The summed E-state index contributed by atoms with van der Waals surface area (Å²) in [6, 6.07) is 0.784. The lowest BCUT2D eigenvalue weighted by Gasteiger charge is -2.26. The number of nitrogens with zero attached hydrogens (tertiary/aromatic N) is 1. The van der Waals surface area contributed by atoms with Crippen LogP contribution in [0.5, 0.6) is 0 Å². The Bertz CT molecular complexity index is 138. The number of hydrogen-bond acceptors (Lipinski definition) is 2. The SMILES string of the molecule is CC1CCCCCN1CCCCCO. The summed E-state index contributed by atoms with van der Waals surface area (Å²) >= 11 is 0. The molecule has 0 aromatic heterocycles. The molecule has 0 radical (unpaired) electrons. The normalized spacial score (nSPS) is 24.9. The highest BCUT2D eigenvalue weighted by Gasteiger charge is 2.15. The molecule has 1 aliphatic rings. The maximum atomic E-state index is 8.69. The van der Waals surface area contributed by atoms with Gasteiger partial charge in [0.25, 0.3) is 0 Å². The molecule has 2 nitrogen and oxygen atoms in total. The van der Waals surface area contributed by atoms with Crippen molar-refractivity contribution in [3.8, 4) is 0 Å². The number of likely N-dealkylation sites (tertiary alicyclic amines) is 1. The zero-order chi connectivity index (χ0) is 10.2. The molecular weight excluding hydrogens is 174 g/mol. The second kappa shape index (κ2) is 7.24. The quantitative estimate of drug-likeness (QED) is 0.687. The first-order valence-corrected chi connectivity index (χ1v) is 6.19. The van der Waals surface area contributed by atoms with E-state index in [1.54, 1.807) is 0 Å². The summed E-state index contributed by atoms with van der Waals surface area (Å²) in [5, 5.41) is 8.69. The van der Waals surface area contributed by atoms with Gasteiger partial charge in [-0.05, 0) is 52.1 Å². The Labute approximate surface area is 88.3 Å². The smallest absolute Gasteiger partial charge is 0.0431 e. The van der Waals surface area contributed by atoms with Crippen LogP contribution in [0.2, 0.25) is 0 Å². The van der Waals surface area contributed by atoms with Crippen molar-refractivity contribution >= 4 is 0 Å². The van der Waals surface area contributed by atoms with Crippen molar-refractivity contribution in [2.45, 2.75) is 57.9 Å². The van der Waals surface area contributed by atoms with Crippen LogP contribution < -0.4 is 0 Å². The van der Waals surface area contributed by atoms with E-state index in [0.717, 1.165) is 12.5 Å². The van der Waals surface area contributed by atoms with Gasteiger partial charge in [-0.15, -0.1) is 0 Å². The summed E-state index contributed by atoms with van der Waals surface area (Å²) in [7, 11) is 0. The van der Waals surface area contributed by atoms with Gasteiger partial charge in [0.1, 0.15) is 0 Å². The monoisotopic (exact) mass is 199 g/mol. The van der Waals surface area contributed by atoms with E-state index in [2.05, 4.69) is 11.8 Å². The molecule has 1 aliphatic heterocycles. The number of rotatable bonds is 5. The van der Waals surface area contributed by atoms with E-state index in [9.17, 15) is 0 Å². The highest BCUT2D eigenvalue weighted by atomic mass is 16.2. The zero-order valence-corrected chi connectivity index (χ0v) is 9.54. The van der Waals surface area contributed by atoms with Crippen molar-refractivity contribution in [3.05, 3.63) is 0 Å². The fourth-order valence-corrected chi connectivity index (χ4v) is 2.27. The number of aliphatic hydroxyl groups excluding tert-OH is 1. The second-order valence-corrected chi connectivity index (χ2v) is 4.52. The van der Waals surface area contributed by atoms with E-state index in [0.29, 0.717) is 6.61 Å². The Morgan fingerprint density at radius 2 is 2.00 bits per heavy atom. The van der Waals surface area contributed by atoms with E-state index in [4.69, 9.17) is 5.11 Å². The summed E-state index contributed by atoms with van der Waals surface area (Å²) in [5.41, 5.74) is 0. The summed E-state index contributed by atoms with van der Waals surface area (Å²) in [4.78, 5) is 2.63. The topological polar surface area (TPSA) is 23.5 Å². The Hall–Kier alpha value is -0.0800. The highest BCUT2D eigenvalue weighted by Crippen LogP contribution is 2.16. The van der Waals surface area contributed by atoms with Crippen molar-refractivity contribution in [2.75, 3.05) is 19.7 Å². The van der Waals surface area contributed by atoms with Crippen LogP contribution in [0.1, 0.15) is 51.9 Å². The van der Waals surface area contributed by atoms with Crippen LogP contribution in [0.25, 0.3) is 0 Å². The molecule has 0 saturated carbocycles. The van der Waals surface area contributed by atoms with Gasteiger partial charge in [-0.25, -0.2) is 0 Å². The molecular formula is C12H25NO. The Kier molecular flexibility index (Phi) is 6.20. The lowest BCUT2D eigenvalue weighted by molar-refractivity contribution is 0.205. The molecule has 1 unspecified atom stereocenters. The Morgan fingerprint density at radius 3 is 2.79 bits per heavy atom. The largest absolute Gasteiger partial charge is 0.396 e. The predicted octanol–water partition coefficient (Wildman–Crippen LogP) is 2.41. The van der Waals surface area contributed by atoms with E-state index < -0.39 is 0 Å². The first-order valence-electron chi connectivity index (χ1n) is 6.19. The molecule has 0 aliphatic carbocycles. The van der Waals surface area contributed by atoms with Crippen LogP contribution in [-0.2, 0) is 0 Å². The standard InChI is InChI=1S/C12H25NO/c1-12-8-4-2-5-9-13(12)10-6-3-7-11-14/h12,14H,2-11H2,1H3. The van der Waals surface area contributed by atoms with Crippen LogP contribution in [0.4, 0.5) is 0 Å². The molecule has 0 bridgehead atoms. The van der Waals surface area contributed by atoms with Gasteiger partial charge in [-0.1, -0.05) is 12.8 Å². The van der Waals surface area contributed by atoms with Crippen molar-refractivity contribution in [1.82, 2.24) is 4.90 Å². The minimum absolute atomic E-state index is 0.357. The number of hydrogen-bond donors (Lipinski definition) is 1. The van der Waals surface area contributed by atoms with Crippen molar-refractivity contribution in [2.24, 2.45) is 0 Å². The lowest BCUT2D eigenvalue weighted by atomic mass is 10.1. The maximum absolute atomic E-state index is 8.69.